The van der Waals surface area contributed by atoms with Crippen LogP contribution in [-0.2, 0) is 30.3 Å². The van der Waals surface area contributed by atoms with Crippen molar-refractivity contribution in [3.8, 4) is 0 Å². The number of carbonyl (C=O) groups excluding carboxylic acids is 4. The lowest BCUT2D eigenvalue weighted by Gasteiger charge is -2.26. The molecule has 3 atom stereocenters. The van der Waals surface area contributed by atoms with E-state index in [1.54, 1.807) is 5.38 Å². The largest absolute Gasteiger partial charge is 0.466 e. The first kappa shape index (κ1) is 31.2. The number of esters is 2. The topological polar surface area (TPSA) is 124 Å². The Bertz CT molecular complexity index is 1000. The fourth-order valence-corrected chi connectivity index (χ4v) is 5.64. The van der Waals surface area contributed by atoms with Crippen molar-refractivity contribution in [1.82, 2.24) is 15.6 Å². The van der Waals surface area contributed by atoms with Crippen LogP contribution in [-0.4, -0.2) is 42.5 Å². The van der Waals surface area contributed by atoms with Crippen molar-refractivity contribution in [1.29, 1.82) is 0 Å². The molecule has 1 fully saturated rings. The van der Waals surface area contributed by atoms with E-state index in [2.05, 4.69) is 40.4 Å². The van der Waals surface area contributed by atoms with Crippen molar-refractivity contribution in [2.24, 2.45) is 17.8 Å². The number of thiazole rings is 1. The number of amides is 2. The number of rotatable bonds is 13. The Hall–Kier alpha value is -3.01. The molecular formula is C28H41N3O6S. The van der Waals surface area contributed by atoms with Gasteiger partial charge in [0.2, 0.25) is 0 Å². The highest BCUT2D eigenvalue weighted by Gasteiger charge is 2.22. The third-order valence-electron chi connectivity index (χ3n) is 6.82. The Morgan fingerprint density at radius 2 is 1.76 bits per heavy atom. The Labute approximate surface area is 229 Å². The monoisotopic (exact) mass is 547 g/mol. The van der Waals surface area contributed by atoms with Crippen LogP contribution in [0.15, 0.2) is 29.9 Å². The summed E-state index contributed by atoms with van der Waals surface area (Å²) in [6.45, 7) is 11.5. The average Bonchev–Trinajstić information content (AvgIpc) is 3.34. The normalized spacial score (nSPS) is 18.3. The molecule has 9 nitrogen and oxygen atoms in total. The van der Waals surface area contributed by atoms with Gasteiger partial charge >= 0.3 is 11.9 Å². The molecule has 2 N–H and O–H groups in total. The zero-order valence-corrected chi connectivity index (χ0v) is 23.6. The first-order chi connectivity index (χ1) is 18.1. The van der Waals surface area contributed by atoms with Gasteiger partial charge in [-0.15, -0.1) is 11.3 Å². The second-order valence-electron chi connectivity index (χ2n) is 9.97. The number of carbonyl (C=O) groups is 4. The van der Waals surface area contributed by atoms with Gasteiger partial charge in [0.25, 0.3) is 11.8 Å². The number of nitrogens with one attached hydrogen (secondary N) is 2. The zero-order valence-electron chi connectivity index (χ0n) is 22.8. The van der Waals surface area contributed by atoms with Gasteiger partial charge in [-0.1, -0.05) is 52.2 Å². The van der Waals surface area contributed by atoms with Gasteiger partial charge in [-0.2, -0.15) is 0 Å². The van der Waals surface area contributed by atoms with E-state index in [4.69, 9.17) is 4.74 Å². The third-order valence-corrected chi connectivity index (χ3v) is 7.69. The summed E-state index contributed by atoms with van der Waals surface area (Å²) in [4.78, 5) is 52.2. The summed E-state index contributed by atoms with van der Waals surface area (Å²) in [6, 6.07) is 0. The fourth-order valence-electron chi connectivity index (χ4n) is 4.75. The second-order valence-corrected chi connectivity index (χ2v) is 10.9. The van der Waals surface area contributed by atoms with Crippen LogP contribution < -0.4 is 10.6 Å². The molecule has 1 aromatic heterocycles. The van der Waals surface area contributed by atoms with Crippen LogP contribution in [0, 0.1) is 17.8 Å². The molecule has 1 heterocycles. The second kappa shape index (κ2) is 16.1. The maximum absolute atomic E-state index is 12.6. The molecule has 38 heavy (non-hydrogen) atoms. The van der Waals surface area contributed by atoms with E-state index in [0.29, 0.717) is 30.8 Å². The van der Waals surface area contributed by atoms with E-state index in [-0.39, 0.29) is 23.1 Å². The van der Waals surface area contributed by atoms with Gasteiger partial charge in [-0.25, -0.2) is 9.78 Å². The molecule has 2 amide bonds. The minimum atomic E-state index is -0.786. The average molecular weight is 548 g/mol. The molecular weight excluding hydrogens is 506 g/mol. The number of aromatic nitrogens is 1. The molecule has 0 bridgehead atoms. The van der Waals surface area contributed by atoms with E-state index in [1.165, 1.54) is 44.1 Å². The summed E-state index contributed by atoms with van der Waals surface area (Å²) in [5, 5.41) is 7.23. The van der Waals surface area contributed by atoms with Crippen molar-refractivity contribution in [3.05, 3.63) is 40.6 Å². The van der Waals surface area contributed by atoms with Crippen molar-refractivity contribution in [2.45, 2.75) is 78.1 Å². The van der Waals surface area contributed by atoms with Crippen LogP contribution in [0.2, 0.25) is 0 Å². The highest BCUT2D eigenvalue weighted by Crippen LogP contribution is 2.33. The van der Waals surface area contributed by atoms with E-state index < -0.39 is 17.8 Å². The predicted molar refractivity (Wildman–Crippen MR) is 146 cm³/mol. The number of ether oxygens (including phenoxy) is 2. The smallest absolute Gasteiger partial charge is 0.353 e. The van der Waals surface area contributed by atoms with Gasteiger partial charge in [0, 0.05) is 18.2 Å². The summed E-state index contributed by atoms with van der Waals surface area (Å²) in [6.07, 6.45) is 10.4. The lowest BCUT2D eigenvalue weighted by atomic mass is 9.80. The summed E-state index contributed by atoms with van der Waals surface area (Å²) in [5.41, 5.74) is -0.251. The highest BCUT2D eigenvalue weighted by molar-refractivity contribution is 7.09. The highest BCUT2D eigenvalue weighted by atomic mass is 32.1. The molecule has 2 rings (SSSR count). The molecule has 0 saturated heterocycles. The van der Waals surface area contributed by atoms with Crippen molar-refractivity contribution in [2.75, 3.05) is 13.7 Å². The van der Waals surface area contributed by atoms with Crippen molar-refractivity contribution in [3.63, 3.8) is 0 Å². The van der Waals surface area contributed by atoms with Gasteiger partial charge in [0.1, 0.15) is 11.4 Å². The number of nitrogens with zero attached hydrogens (tertiary/aromatic N) is 1. The molecule has 10 heteroatoms. The van der Waals surface area contributed by atoms with Crippen LogP contribution in [0.25, 0.3) is 0 Å². The molecule has 0 aliphatic heterocycles. The maximum Gasteiger partial charge on any atom is 0.353 e. The number of hydrogen-bond acceptors (Lipinski definition) is 8. The summed E-state index contributed by atoms with van der Waals surface area (Å²) in [5.74, 6) is -0.511. The quantitative estimate of drug-likeness (QED) is 0.271. The van der Waals surface area contributed by atoms with Crippen LogP contribution >= 0.6 is 11.3 Å². The van der Waals surface area contributed by atoms with Crippen LogP contribution in [0.3, 0.4) is 0 Å². The van der Waals surface area contributed by atoms with Crippen molar-refractivity contribution >= 4 is 35.1 Å². The zero-order chi connectivity index (χ0) is 28.1. The molecule has 1 aliphatic rings. The molecule has 1 saturated carbocycles. The summed E-state index contributed by atoms with van der Waals surface area (Å²) in [7, 11) is 1.17. The van der Waals surface area contributed by atoms with E-state index in [1.807, 2.05) is 6.92 Å². The molecule has 210 valence electrons. The minimum absolute atomic E-state index is 0.106. The molecule has 1 aliphatic carbocycles. The van der Waals surface area contributed by atoms with E-state index >= 15 is 0 Å². The Kier molecular flexibility index (Phi) is 13.2. The van der Waals surface area contributed by atoms with Gasteiger partial charge in [-0.05, 0) is 43.9 Å². The predicted octanol–water partition coefficient (Wildman–Crippen LogP) is 4.69. The number of methoxy groups -OCH3 is 1. The lowest BCUT2D eigenvalue weighted by molar-refractivity contribution is -0.143. The molecule has 3 unspecified atom stereocenters. The van der Waals surface area contributed by atoms with Crippen molar-refractivity contribution < 1.29 is 28.7 Å². The Balaban J connectivity index is 1.82. The standard InChI is InChI=1S/C28H41N3O6S/c1-6-37-25(32)14-11-18(2)15-21-9-7-8-10-22(13-12-21)16-24-31-23(17-38-24)27(34)29-19(3)26(33)30-20(4)28(35)36-5/h17-18,21-22H,3-4,6-16H2,1-2,5H3,(H,29,34)(H,30,33). The summed E-state index contributed by atoms with van der Waals surface area (Å²) < 4.78 is 9.53. The maximum atomic E-state index is 12.6. The van der Waals surface area contributed by atoms with Crippen LogP contribution in [0.5, 0.6) is 0 Å². The minimum Gasteiger partial charge on any atom is -0.466 e. The SMILES string of the molecule is C=C(NC(=O)c1csc(CC2CCCCC(CC(C)CCC(=O)OCC)CC2)n1)C(=O)NC(=C)C(=O)OC. The summed E-state index contributed by atoms with van der Waals surface area (Å²) >= 11 is 1.44. The van der Waals surface area contributed by atoms with Gasteiger partial charge < -0.3 is 20.1 Å². The van der Waals surface area contributed by atoms with Gasteiger partial charge in [0.15, 0.2) is 0 Å². The van der Waals surface area contributed by atoms with E-state index in [9.17, 15) is 19.2 Å². The number of hydrogen-bond donors (Lipinski definition) is 2. The van der Waals surface area contributed by atoms with Gasteiger partial charge in [-0.3, -0.25) is 14.4 Å². The first-order valence-corrected chi connectivity index (χ1v) is 14.2. The molecule has 0 radical (unpaired) electrons. The van der Waals surface area contributed by atoms with Gasteiger partial charge in [0.05, 0.1) is 24.4 Å². The molecule has 1 aromatic rings. The van der Waals surface area contributed by atoms with Crippen LogP contribution in [0.4, 0.5) is 0 Å². The van der Waals surface area contributed by atoms with Crippen LogP contribution in [0.1, 0.15) is 87.1 Å². The first-order valence-electron chi connectivity index (χ1n) is 13.3. The Morgan fingerprint density at radius 3 is 2.45 bits per heavy atom. The van der Waals surface area contributed by atoms with E-state index in [0.717, 1.165) is 37.1 Å². The Morgan fingerprint density at radius 1 is 1.08 bits per heavy atom. The molecule has 0 spiro atoms. The lowest BCUT2D eigenvalue weighted by Crippen LogP contribution is -2.35. The fraction of sp³-hybridized carbons (Fsp3) is 0.607. The third kappa shape index (κ3) is 10.8. The molecule has 0 aromatic carbocycles.